The summed E-state index contributed by atoms with van der Waals surface area (Å²) in [7, 11) is 0. The highest BCUT2D eigenvalue weighted by Crippen LogP contribution is 2.39. The first-order chi connectivity index (χ1) is 9.99. The van der Waals surface area contributed by atoms with Gasteiger partial charge >= 0.3 is 0 Å². The molecule has 1 unspecified atom stereocenters. The predicted octanol–water partition coefficient (Wildman–Crippen LogP) is 3.00. The van der Waals surface area contributed by atoms with Crippen LogP contribution < -0.4 is 0 Å². The lowest BCUT2D eigenvalue weighted by molar-refractivity contribution is -0.129. The highest BCUT2D eigenvalue weighted by Gasteiger charge is 2.44. The van der Waals surface area contributed by atoms with E-state index in [-0.39, 0.29) is 17.3 Å². The third-order valence-electron chi connectivity index (χ3n) is 3.66. The molecule has 0 spiro atoms. The number of aliphatic hydroxyl groups excluding tert-OH is 1. The van der Waals surface area contributed by atoms with E-state index in [0.29, 0.717) is 12.3 Å². The largest absolute Gasteiger partial charge is 0.503 e. The Hall–Kier alpha value is -2.04. The molecule has 0 saturated carbocycles. The second-order valence-electron chi connectivity index (χ2n) is 5.55. The van der Waals surface area contributed by atoms with Crippen LogP contribution in [0.1, 0.15) is 45.4 Å². The monoisotopic (exact) mass is 291 g/mol. The van der Waals surface area contributed by atoms with Crippen LogP contribution in [-0.4, -0.2) is 28.2 Å². The number of hydrogen-bond acceptors (Lipinski definition) is 4. The molecule has 1 N–H and O–H groups in total. The van der Waals surface area contributed by atoms with E-state index in [1.807, 2.05) is 6.92 Å². The maximum absolute atomic E-state index is 12.4. The Kier molecular flexibility index (Phi) is 4.50. The van der Waals surface area contributed by atoms with Crippen molar-refractivity contribution in [1.82, 2.24) is 4.90 Å². The maximum Gasteiger partial charge on any atom is 0.290 e. The van der Waals surface area contributed by atoms with Crippen molar-refractivity contribution in [3.8, 4) is 0 Å². The van der Waals surface area contributed by atoms with Crippen LogP contribution >= 0.6 is 0 Å². The lowest BCUT2D eigenvalue weighted by atomic mass is 9.94. The van der Waals surface area contributed by atoms with Crippen molar-refractivity contribution in [2.24, 2.45) is 5.92 Å². The molecule has 0 saturated heterocycles. The van der Waals surface area contributed by atoms with Gasteiger partial charge in [0.15, 0.2) is 11.5 Å². The van der Waals surface area contributed by atoms with Crippen molar-refractivity contribution >= 4 is 11.7 Å². The Morgan fingerprint density at radius 3 is 2.71 bits per heavy atom. The van der Waals surface area contributed by atoms with Crippen LogP contribution in [0.2, 0.25) is 0 Å². The molecule has 1 aromatic heterocycles. The maximum atomic E-state index is 12.4. The van der Waals surface area contributed by atoms with Crippen LogP contribution in [-0.2, 0) is 9.59 Å². The van der Waals surface area contributed by atoms with Gasteiger partial charge in [-0.25, -0.2) is 0 Å². The molecule has 5 nitrogen and oxygen atoms in total. The van der Waals surface area contributed by atoms with Crippen LogP contribution in [0.4, 0.5) is 0 Å². The molecule has 0 fully saturated rings. The second-order valence-corrected chi connectivity index (χ2v) is 5.55. The molecule has 1 atom stereocenters. The summed E-state index contributed by atoms with van der Waals surface area (Å²) in [6.45, 7) is 6.01. The minimum absolute atomic E-state index is 0.154. The van der Waals surface area contributed by atoms with E-state index >= 15 is 0 Å². The molecule has 2 heterocycles. The van der Waals surface area contributed by atoms with Gasteiger partial charge in [-0.1, -0.05) is 27.2 Å². The molecule has 1 aromatic rings. The Labute approximate surface area is 124 Å². The Morgan fingerprint density at radius 1 is 1.48 bits per heavy atom. The SMILES string of the molecule is CCCCN1C(=O)C(O)=C(C(=O)C(C)C)C1c1ccco1. The van der Waals surface area contributed by atoms with E-state index in [9.17, 15) is 14.7 Å². The van der Waals surface area contributed by atoms with Crippen molar-refractivity contribution in [2.45, 2.75) is 39.7 Å². The van der Waals surface area contributed by atoms with Crippen LogP contribution in [0.5, 0.6) is 0 Å². The number of aliphatic hydroxyl groups is 1. The molecular weight excluding hydrogens is 270 g/mol. The van der Waals surface area contributed by atoms with Gasteiger partial charge in [-0.2, -0.15) is 0 Å². The Morgan fingerprint density at radius 2 is 2.19 bits per heavy atom. The summed E-state index contributed by atoms with van der Waals surface area (Å²) in [5.74, 6) is -0.938. The number of amides is 1. The van der Waals surface area contributed by atoms with Crippen LogP contribution in [0.25, 0.3) is 0 Å². The van der Waals surface area contributed by atoms with Crippen molar-refractivity contribution in [2.75, 3.05) is 6.54 Å². The predicted molar refractivity (Wildman–Crippen MR) is 77.6 cm³/mol. The normalized spacial score (nSPS) is 19.0. The molecule has 114 valence electrons. The topological polar surface area (TPSA) is 70.8 Å². The quantitative estimate of drug-likeness (QED) is 0.874. The van der Waals surface area contributed by atoms with Gasteiger partial charge in [-0.15, -0.1) is 0 Å². The van der Waals surface area contributed by atoms with Crippen molar-refractivity contribution in [1.29, 1.82) is 0 Å². The number of Topliss-reactive ketones (excluding diaryl/α,β-unsaturated/α-hetero) is 1. The average Bonchev–Trinajstić information content (AvgIpc) is 3.05. The van der Waals surface area contributed by atoms with Crippen molar-refractivity contribution in [3.63, 3.8) is 0 Å². The molecular formula is C16H21NO4. The van der Waals surface area contributed by atoms with Crippen LogP contribution in [0, 0.1) is 5.92 Å². The van der Waals surface area contributed by atoms with Gasteiger partial charge in [0.25, 0.3) is 5.91 Å². The first-order valence-electron chi connectivity index (χ1n) is 7.30. The Bertz CT molecular complexity index is 557. The van der Waals surface area contributed by atoms with Gasteiger partial charge in [-0.05, 0) is 18.6 Å². The summed E-state index contributed by atoms with van der Waals surface area (Å²) < 4.78 is 5.39. The van der Waals surface area contributed by atoms with Gasteiger partial charge in [0.1, 0.15) is 11.8 Å². The number of furan rings is 1. The molecule has 0 bridgehead atoms. The zero-order valence-electron chi connectivity index (χ0n) is 12.6. The van der Waals surface area contributed by atoms with E-state index in [1.165, 1.54) is 11.2 Å². The third kappa shape index (κ3) is 2.73. The average molecular weight is 291 g/mol. The molecule has 5 heteroatoms. The number of nitrogens with zero attached hydrogens (tertiary/aromatic N) is 1. The summed E-state index contributed by atoms with van der Waals surface area (Å²) >= 11 is 0. The second kappa shape index (κ2) is 6.16. The fourth-order valence-corrected chi connectivity index (χ4v) is 2.52. The first kappa shape index (κ1) is 15.4. The third-order valence-corrected chi connectivity index (χ3v) is 3.66. The smallest absolute Gasteiger partial charge is 0.290 e. The summed E-state index contributed by atoms with van der Waals surface area (Å²) in [6, 6.07) is 2.82. The molecule has 21 heavy (non-hydrogen) atoms. The summed E-state index contributed by atoms with van der Waals surface area (Å²) in [5, 5.41) is 10.1. The van der Waals surface area contributed by atoms with Gasteiger partial charge in [-0.3, -0.25) is 9.59 Å². The lowest BCUT2D eigenvalue weighted by Crippen LogP contribution is -2.32. The van der Waals surface area contributed by atoms with E-state index in [4.69, 9.17) is 4.42 Å². The summed E-state index contributed by atoms with van der Waals surface area (Å²) in [4.78, 5) is 26.2. The van der Waals surface area contributed by atoms with Crippen LogP contribution in [0.15, 0.2) is 34.1 Å². The van der Waals surface area contributed by atoms with Gasteiger partial charge < -0.3 is 14.4 Å². The zero-order valence-corrected chi connectivity index (χ0v) is 12.6. The van der Waals surface area contributed by atoms with Crippen LogP contribution in [0.3, 0.4) is 0 Å². The molecule has 2 rings (SSSR count). The minimum Gasteiger partial charge on any atom is -0.503 e. The first-order valence-corrected chi connectivity index (χ1v) is 7.30. The Balaban J connectivity index is 2.44. The molecule has 1 aliphatic rings. The molecule has 0 aromatic carbocycles. The van der Waals surface area contributed by atoms with Crippen molar-refractivity contribution < 1.29 is 19.1 Å². The number of ketones is 1. The zero-order chi connectivity index (χ0) is 15.6. The molecule has 1 aliphatic heterocycles. The van der Waals surface area contributed by atoms with Crippen molar-refractivity contribution in [3.05, 3.63) is 35.5 Å². The highest BCUT2D eigenvalue weighted by atomic mass is 16.3. The van der Waals surface area contributed by atoms with E-state index in [1.54, 1.807) is 26.0 Å². The molecule has 0 aliphatic carbocycles. The van der Waals surface area contributed by atoms with E-state index in [0.717, 1.165) is 12.8 Å². The number of carbonyl (C=O) groups excluding carboxylic acids is 2. The fourth-order valence-electron chi connectivity index (χ4n) is 2.52. The molecule has 1 amide bonds. The standard InChI is InChI=1S/C16H21NO4/c1-4-5-8-17-13(11-7-6-9-21-11)12(14(18)10(2)3)15(19)16(17)20/h6-7,9-10,13,19H,4-5,8H2,1-3H3. The molecule has 0 radical (unpaired) electrons. The van der Waals surface area contributed by atoms with Gasteiger partial charge in [0.2, 0.25) is 0 Å². The fraction of sp³-hybridized carbons (Fsp3) is 0.500. The number of unbranched alkanes of at least 4 members (excludes halogenated alkanes) is 1. The lowest BCUT2D eigenvalue weighted by Gasteiger charge is -2.25. The summed E-state index contributed by atoms with van der Waals surface area (Å²) in [5.41, 5.74) is 0.154. The van der Waals surface area contributed by atoms with Gasteiger partial charge in [0, 0.05) is 12.5 Å². The number of rotatable bonds is 6. The number of carbonyl (C=O) groups is 2. The minimum atomic E-state index is -0.617. The van der Waals surface area contributed by atoms with E-state index < -0.39 is 17.7 Å². The highest BCUT2D eigenvalue weighted by molar-refractivity contribution is 6.09. The summed E-state index contributed by atoms with van der Waals surface area (Å²) in [6.07, 6.45) is 3.23. The number of hydrogen-bond donors (Lipinski definition) is 1. The van der Waals surface area contributed by atoms with E-state index in [2.05, 4.69) is 0 Å². The van der Waals surface area contributed by atoms with Gasteiger partial charge in [0.05, 0.1) is 11.8 Å².